The van der Waals surface area contributed by atoms with E-state index in [1.165, 1.54) is 0 Å². The van der Waals surface area contributed by atoms with Crippen LogP contribution in [0.2, 0.25) is 5.02 Å². The highest BCUT2D eigenvalue weighted by atomic mass is 35.5. The first kappa shape index (κ1) is 15.7. The lowest BCUT2D eigenvalue weighted by molar-refractivity contribution is -0.128. The lowest BCUT2D eigenvalue weighted by atomic mass is 10.2. The zero-order chi connectivity index (χ0) is 14.4. The molecule has 0 aliphatic rings. The lowest BCUT2D eigenvalue weighted by Crippen LogP contribution is -2.35. The van der Waals surface area contributed by atoms with Crippen molar-refractivity contribution in [1.29, 1.82) is 0 Å². The van der Waals surface area contributed by atoms with E-state index >= 15 is 0 Å². The normalized spacial score (nSPS) is 10.1. The van der Waals surface area contributed by atoms with Crippen LogP contribution < -0.4 is 11.1 Å². The topological polar surface area (TPSA) is 58.4 Å². The summed E-state index contributed by atoms with van der Waals surface area (Å²) in [5.74, 6) is 0.0551. The van der Waals surface area contributed by atoms with E-state index in [1.807, 2.05) is 13.8 Å². The molecule has 1 rings (SSSR count). The first-order valence-electron chi connectivity index (χ1n) is 6.10. The van der Waals surface area contributed by atoms with Crippen LogP contribution in [-0.2, 0) is 4.79 Å². The fraction of sp³-hybridized carbons (Fsp3) is 0.385. The van der Waals surface area contributed by atoms with Gasteiger partial charge in [0.05, 0.1) is 11.6 Å². The summed E-state index contributed by atoms with van der Waals surface area (Å²) in [7, 11) is 0. The number of anilines is 1. The molecule has 0 spiro atoms. The second-order valence-electron chi connectivity index (χ2n) is 3.98. The van der Waals surface area contributed by atoms with E-state index < -0.39 is 0 Å². The number of nitrogens with one attached hydrogen (secondary N) is 1. The molecule has 0 aromatic heterocycles. The lowest BCUT2D eigenvalue weighted by Gasteiger charge is -2.19. The van der Waals surface area contributed by atoms with Crippen molar-refractivity contribution in [2.24, 2.45) is 5.73 Å². The summed E-state index contributed by atoms with van der Waals surface area (Å²) in [5.41, 5.74) is 6.93. The van der Waals surface area contributed by atoms with Gasteiger partial charge in [-0.15, -0.1) is 0 Å². The Labute approximate surface area is 123 Å². The van der Waals surface area contributed by atoms with Crippen molar-refractivity contribution in [3.8, 4) is 0 Å². The van der Waals surface area contributed by atoms with Crippen LogP contribution in [0.3, 0.4) is 0 Å². The number of likely N-dealkylation sites (N-methyl/N-ethyl adjacent to an activating group) is 1. The number of hydrogen-bond acceptors (Lipinski definition) is 3. The average Bonchev–Trinajstić information content (AvgIpc) is 2.37. The summed E-state index contributed by atoms with van der Waals surface area (Å²) in [6.07, 6.45) is 0. The standard InChI is InChI=1S/C13H18ClN3OS/c1-3-17(4-2)12(18)8-16-9-5-6-10(13(15)19)11(14)7-9/h5-7,16H,3-4,8H2,1-2H3,(H2,15,19). The largest absolute Gasteiger partial charge is 0.389 e. The first-order valence-corrected chi connectivity index (χ1v) is 6.89. The summed E-state index contributed by atoms with van der Waals surface area (Å²) in [5, 5.41) is 3.52. The SMILES string of the molecule is CCN(CC)C(=O)CNc1ccc(C(N)=S)c(Cl)c1. The number of hydrogen-bond donors (Lipinski definition) is 2. The highest BCUT2D eigenvalue weighted by molar-refractivity contribution is 7.80. The van der Waals surface area contributed by atoms with Gasteiger partial charge in [-0.3, -0.25) is 4.79 Å². The maximum absolute atomic E-state index is 11.8. The van der Waals surface area contributed by atoms with Crippen molar-refractivity contribution in [3.63, 3.8) is 0 Å². The number of thiocarbonyl (C=S) groups is 1. The summed E-state index contributed by atoms with van der Waals surface area (Å²) in [6.45, 7) is 5.56. The summed E-state index contributed by atoms with van der Waals surface area (Å²) >= 11 is 10.9. The van der Waals surface area contributed by atoms with E-state index in [2.05, 4.69) is 5.32 Å². The third-order valence-electron chi connectivity index (χ3n) is 2.79. The van der Waals surface area contributed by atoms with Crippen molar-refractivity contribution in [2.45, 2.75) is 13.8 Å². The number of nitrogens with two attached hydrogens (primary N) is 1. The quantitative estimate of drug-likeness (QED) is 0.791. The molecule has 6 heteroatoms. The maximum atomic E-state index is 11.8. The molecule has 0 aliphatic carbocycles. The van der Waals surface area contributed by atoms with Crippen molar-refractivity contribution < 1.29 is 4.79 Å². The van der Waals surface area contributed by atoms with Crippen LogP contribution in [-0.4, -0.2) is 35.4 Å². The molecule has 1 amide bonds. The number of carbonyl (C=O) groups excluding carboxylic acids is 1. The van der Waals surface area contributed by atoms with Crippen molar-refractivity contribution in [1.82, 2.24) is 4.90 Å². The van der Waals surface area contributed by atoms with Crippen LogP contribution in [0.5, 0.6) is 0 Å². The van der Waals surface area contributed by atoms with Gasteiger partial charge in [-0.2, -0.15) is 0 Å². The molecular weight excluding hydrogens is 282 g/mol. The predicted octanol–water partition coefficient (Wildman–Crippen LogP) is 2.25. The molecule has 4 nitrogen and oxygen atoms in total. The van der Waals surface area contributed by atoms with Gasteiger partial charge in [-0.05, 0) is 32.0 Å². The molecular formula is C13H18ClN3OS. The van der Waals surface area contributed by atoms with E-state index in [9.17, 15) is 4.79 Å². The molecule has 1 aromatic carbocycles. The molecule has 0 atom stereocenters. The summed E-state index contributed by atoms with van der Waals surface area (Å²) in [4.78, 5) is 13.9. The van der Waals surface area contributed by atoms with Gasteiger partial charge >= 0.3 is 0 Å². The molecule has 0 heterocycles. The van der Waals surface area contributed by atoms with E-state index in [0.29, 0.717) is 23.7 Å². The zero-order valence-corrected chi connectivity index (χ0v) is 12.6. The van der Waals surface area contributed by atoms with Gasteiger partial charge in [0.25, 0.3) is 0 Å². The van der Waals surface area contributed by atoms with Crippen molar-refractivity contribution in [2.75, 3.05) is 25.0 Å². The Balaban J connectivity index is 2.66. The van der Waals surface area contributed by atoms with Gasteiger partial charge in [-0.1, -0.05) is 23.8 Å². The Morgan fingerprint density at radius 3 is 2.53 bits per heavy atom. The minimum Gasteiger partial charge on any atom is -0.389 e. The van der Waals surface area contributed by atoms with Crippen molar-refractivity contribution in [3.05, 3.63) is 28.8 Å². The smallest absolute Gasteiger partial charge is 0.241 e. The molecule has 0 fully saturated rings. The van der Waals surface area contributed by atoms with Gasteiger partial charge < -0.3 is 16.0 Å². The Kier molecular flexibility index (Phi) is 6.05. The van der Waals surface area contributed by atoms with E-state index in [0.717, 1.165) is 5.69 Å². The van der Waals surface area contributed by atoms with Crippen LogP contribution in [0, 0.1) is 0 Å². The Morgan fingerprint density at radius 1 is 1.42 bits per heavy atom. The Bertz CT molecular complexity index is 475. The Morgan fingerprint density at radius 2 is 2.05 bits per heavy atom. The van der Waals surface area contributed by atoms with Gasteiger partial charge in [0, 0.05) is 24.3 Å². The second kappa shape index (κ2) is 7.31. The number of benzene rings is 1. The minimum atomic E-state index is 0.0551. The molecule has 0 radical (unpaired) electrons. The number of amides is 1. The van der Waals surface area contributed by atoms with Crippen LogP contribution in [0.1, 0.15) is 19.4 Å². The molecule has 3 N–H and O–H groups in total. The average molecular weight is 300 g/mol. The van der Waals surface area contributed by atoms with Crippen molar-refractivity contribution >= 4 is 40.4 Å². The highest BCUT2D eigenvalue weighted by Crippen LogP contribution is 2.20. The number of halogens is 1. The van der Waals surface area contributed by atoms with Gasteiger partial charge in [0.2, 0.25) is 5.91 Å². The second-order valence-corrected chi connectivity index (χ2v) is 4.83. The zero-order valence-electron chi connectivity index (χ0n) is 11.1. The fourth-order valence-corrected chi connectivity index (χ4v) is 2.21. The highest BCUT2D eigenvalue weighted by Gasteiger charge is 2.09. The van der Waals surface area contributed by atoms with Crippen LogP contribution in [0.25, 0.3) is 0 Å². The van der Waals surface area contributed by atoms with Gasteiger partial charge in [-0.25, -0.2) is 0 Å². The molecule has 0 saturated heterocycles. The first-order chi connectivity index (χ1) is 8.99. The predicted molar refractivity (Wildman–Crippen MR) is 83.8 cm³/mol. The Hall–Kier alpha value is -1.33. The van der Waals surface area contributed by atoms with Gasteiger partial charge in [0.1, 0.15) is 4.99 Å². The van der Waals surface area contributed by atoms with E-state index in [-0.39, 0.29) is 17.4 Å². The summed E-state index contributed by atoms with van der Waals surface area (Å²) < 4.78 is 0. The van der Waals surface area contributed by atoms with Crippen LogP contribution in [0.4, 0.5) is 5.69 Å². The maximum Gasteiger partial charge on any atom is 0.241 e. The van der Waals surface area contributed by atoms with Crippen LogP contribution >= 0.6 is 23.8 Å². The van der Waals surface area contributed by atoms with E-state index in [1.54, 1.807) is 23.1 Å². The molecule has 19 heavy (non-hydrogen) atoms. The van der Waals surface area contributed by atoms with Gasteiger partial charge in [0.15, 0.2) is 0 Å². The van der Waals surface area contributed by atoms with Crippen LogP contribution in [0.15, 0.2) is 18.2 Å². The molecule has 1 aromatic rings. The molecule has 0 saturated carbocycles. The number of rotatable bonds is 6. The van der Waals surface area contributed by atoms with E-state index in [4.69, 9.17) is 29.6 Å². The minimum absolute atomic E-state index is 0.0551. The molecule has 104 valence electrons. The number of nitrogens with zero attached hydrogens (tertiary/aromatic N) is 1. The number of carbonyl (C=O) groups is 1. The summed E-state index contributed by atoms with van der Waals surface area (Å²) in [6, 6.07) is 5.26. The third-order valence-corrected chi connectivity index (χ3v) is 3.33. The molecule has 0 aliphatic heterocycles. The molecule has 0 bridgehead atoms. The fourth-order valence-electron chi connectivity index (χ4n) is 1.69. The third kappa shape index (κ3) is 4.36. The molecule has 0 unspecified atom stereocenters. The monoisotopic (exact) mass is 299 g/mol.